The topological polar surface area (TPSA) is 85.3 Å². The van der Waals surface area contributed by atoms with Gasteiger partial charge in [0.2, 0.25) is 0 Å². The lowest BCUT2D eigenvalue weighted by atomic mass is 9.92. The van der Waals surface area contributed by atoms with Gasteiger partial charge in [0, 0.05) is 32.5 Å². The minimum atomic E-state index is -2.01. The smallest absolute Gasteiger partial charge is 0.305 e. The number of ether oxygens (including phenoxy) is 2. The number of esters is 2. The minimum Gasteiger partial charge on any atom is -0.466 e. The number of rotatable bonds is 45. The highest BCUT2D eigenvalue weighted by Gasteiger charge is 2.39. The summed E-state index contributed by atoms with van der Waals surface area (Å²) in [6.07, 6.45) is 36.6. The molecule has 7 nitrogen and oxygen atoms in total. The second-order valence-corrected chi connectivity index (χ2v) is 25.2. The number of aliphatic hydroxyl groups is 1. The van der Waals surface area contributed by atoms with E-state index in [2.05, 4.69) is 66.5 Å². The average Bonchev–Trinajstić information content (AvgIpc) is 3.21. The van der Waals surface area contributed by atoms with Crippen LogP contribution in [0.3, 0.4) is 0 Å². The van der Waals surface area contributed by atoms with Crippen LogP contribution in [0.4, 0.5) is 0 Å². The second-order valence-electron chi connectivity index (χ2n) is 20.4. The molecule has 0 radical (unpaired) electrons. The van der Waals surface area contributed by atoms with E-state index in [4.69, 9.17) is 13.9 Å². The van der Waals surface area contributed by atoms with E-state index < -0.39 is 8.32 Å². The number of carbonyl (C=O) groups is 2. The van der Waals surface area contributed by atoms with Crippen molar-refractivity contribution in [2.24, 2.45) is 11.8 Å². The van der Waals surface area contributed by atoms with Crippen LogP contribution < -0.4 is 0 Å². The van der Waals surface area contributed by atoms with Crippen LogP contribution in [-0.4, -0.2) is 75.8 Å². The average molecular weight is 883 g/mol. The lowest BCUT2D eigenvalue weighted by Crippen LogP contribution is -2.47. The van der Waals surface area contributed by atoms with Gasteiger partial charge in [-0.1, -0.05) is 196 Å². The van der Waals surface area contributed by atoms with Crippen LogP contribution in [0.25, 0.3) is 0 Å². The van der Waals surface area contributed by atoms with Crippen molar-refractivity contribution in [2.75, 3.05) is 39.5 Å². The van der Waals surface area contributed by atoms with Crippen molar-refractivity contribution < 1.29 is 28.6 Å². The summed E-state index contributed by atoms with van der Waals surface area (Å²) in [4.78, 5) is 27.9. The molecule has 364 valence electrons. The predicted octanol–water partition coefficient (Wildman–Crippen LogP) is 15.6. The van der Waals surface area contributed by atoms with E-state index in [-0.39, 0.29) is 29.7 Å². The second kappa shape index (κ2) is 40.5. The normalized spacial score (nSPS) is 13.8. The lowest BCUT2D eigenvalue weighted by molar-refractivity contribution is -0.145. The molecule has 0 aromatic carbocycles. The predicted molar refractivity (Wildman–Crippen MR) is 265 cm³/mol. The maximum atomic E-state index is 12.8. The van der Waals surface area contributed by atoms with Crippen LogP contribution in [0.5, 0.6) is 0 Å². The zero-order chi connectivity index (χ0) is 45.5. The van der Waals surface area contributed by atoms with E-state index in [0.717, 1.165) is 83.8 Å². The molecule has 0 aromatic heterocycles. The fraction of sp³-hybridized carbons (Fsp3) is 0.962. The molecule has 0 fully saturated rings. The lowest BCUT2D eigenvalue weighted by Gasteiger charge is -2.40. The first-order chi connectivity index (χ1) is 29.3. The zero-order valence-corrected chi connectivity index (χ0v) is 43.5. The fourth-order valence-corrected chi connectivity index (χ4v) is 9.76. The van der Waals surface area contributed by atoms with Gasteiger partial charge in [0.1, 0.15) is 0 Å². The SMILES string of the molecule is CCCCCCCC(CCCCC)CCOC(=O)CCCCCCN(CCCO)CC(CCCCC(=O)OCCC(CCCCC)CCCCCCC)O[Si](C)(C)C(C)(C)C. The van der Waals surface area contributed by atoms with Gasteiger partial charge in [0.15, 0.2) is 8.32 Å². The molecule has 0 heterocycles. The molecule has 0 aromatic rings. The van der Waals surface area contributed by atoms with Crippen LogP contribution in [-0.2, 0) is 23.5 Å². The van der Waals surface area contributed by atoms with Crippen molar-refractivity contribution in [3.63, 3.8) is 0 Å². The van der Waals surface area contributed by atoms with Gasteiger partial charge in [-0.15, -0.1) is 0 Å². The first-order valence-electron chi connectivity index (χ1n) is 26.7. The number of carbonyl (C=O) groups excluding carboxylic acids is 2. The molecule has 3 unspecified atom stereocenters. The fourth-order valence-electron chi connectivity index (χ4n) is 8.39. The van der Waals surface area contributed by atoms with Gasteiger partial charge in [-0.3, -0.25) is 9.59 Å². The molecule has 0 saturated carbocycles. The van der Waals surface area contributed by atoms with Crippen molar-refractivity contribution in [1.82, 2.24) is 4.90 Å². The van der Waals surface area contributed by atoms with Crippen LogP contribution in [0.2, 0.25) is 18.1 Å². The molecular formula is C53H107NO6Si. The summed E-state index contributed by atoms with van der Waals surface area (Å²) in [5, 5.41) is 9.85. The number of nitrogens with zero attached hydrogens (tertiary/aromatic N) is 1. The molecule has 0 aliphatic heterocycles. The number of hydrogen-bond acceptors (Lipinski definition) is 7. The van der Waals surface area contributed by atoms with E-state index in [9.17, 15) is 14.7 Å². The van der Waals surface area contributed by atoms with Crippen LogP contribution in [0, 0.1) is 11.8 Å². The van der Waals surface area contributed by atoms with E-state index in [1.165, 1.54) is 128 Å². The number of unbranched alkanes of at least 4 members (excludes halogenated alkanes) is 16. The third-order valence-electron chi connectivity index (χ3n) is 13.6. The van der Waals surface area contributed by atoms with Crippen molar-refractivity contribution in [3.05, 3.63) is 0 Å². The maximum absolute atomic E-state index is 12.8. The highest BCUT2D eigenvalue weighted by atomic mass is 28.4. The summed E-state index contributed by atoms with van der Waals surface area (Å²) in [6, 6.07) is 0. The van der Waals surface area contributed by atoms with Gasteiger partial charge in [0.25, 0.3) is 0 Å². The highest BCUT2D eigenvalue weighted by Crippen LogP contribution is 2.38. The highest BCUT2D eigenvalue weighted by molar-refractivity contribution is 6.74. The Morgan fingerprint density at radius 3 is 1.34 bits per heavy atom. The molecule has 3 atom stereocenters. The largest absolute Gasteiger partial charge is 0.466 e. The summed E-state index contributed by atoms with van der Waals surface area (Å²) >= 11 is 0. The van der Waals surface area contributed by atoms with E-state index in [1.807, 2.05) is 0 Å². The van der Waals surface area contributed by atoms with Crippen molar-refractivity contribution >= 4 is 20.3 Å². The van der Waals surface area contributed by atoms with Gasteiger partial charge < -0.3 is 23.9 Å². The Kier molecular flexibility index (Phi) is 39.9. The zero-order valence-electron chi connectivity index (χ0n) is 42.5. The van der Waals surface area contributed by atoms with Crippen LogP contribution >= 0.6 is 0 Å². The Balaban J connectivity index is 4.89. The molecule has 0 rings (SSSR count). The quantitative estimate of drug-likeness (QED) is 0.0370. The Hall–Kier alpha value is -0.963. The summed E-state index contributed by atoms with van der Waals surface area (Å²) in [7, 11) is -2.01. The Morgan fingerprint density at radius 1 is 0.508 bits per heavy atom. The van der Waals surface area contributed by atoms with Gasteiger partial charge in [-0.25, -0.2) is 0 Å². The monoisotopic (exact) mass is 882 g/mol. The summed E-state index contributed by atoms with van der Waals surface area (Å²) < 4.78 is 18.6. The molecule has 8 heteroatoms. The molecule has 61 heavy (non-hydrogen) atoms. The minimum absolute atomic E-state index is 0.0337. The third kappa shape index (κ3) is 36.0. The van der Waals surface area contributed by atoms with Gasteiger partial charge in [-0.2, -0.15) is 0 Å². The van der Waals surface area contributed by atoms with E-state index in [0.29, 0.717) is 37.9 Å². The molecule has 0 bridgehead atoms. The molecular weight excluding hydrogens is 775 g/mol. The Labute approximate surface area is 381 Å². The molecule has 0 spiro atoms. The molecule has 0 aliphatic carbocycles. The Morgan fingerprint density at radius 2 is 0.885 bits per heavy atom. The van der Waals surface area contributed by atoms with Crippen LogP contribution in [0.1, 0.15) is 254 Å². The van der Waals surface area contributed by atoms with Crippen LogP contribution in [0.15, 0.2) is 0 Å². The van der Waals surface area contributed by atoms with Gasteiger partial charge in [-0.05, 0) is 81.5 Å². The molecule has 0 aliphatic rings. The first kappa shape index (κ1) is 60.0. The molecule has 1 N–H and O–H groups in total. The van der Waals surface area contributed by atoms with Crippen molar-refractivity contribution in [2.45, 2.75) is 278 Å². The number of hydrogen-bond donors (Lipinski definition) is 1. The third-order valence-corrected chi connectivity index (χ3v) is 18.1. The van der Waals surface area contributed by atoms with E-state index in [1.54, 1.807) is 0 Å². The van der Waals surface area contributed by atoms with Gasteiger partial charge >= 0.3 is 11.9 Å². The maximum Gasteiger partial charge on any atom is 0.305 e. The van der Waals surface area contributed by atoms with E-state index >= 15 is 0 Å². The molecule has 0 saturated heterocycles. The van der Waals surface area contributed by atoms with Crippen molar-refractivity contribution in [1.29, 1.82) is 0 Å². The standard InChI is InChI=1S/C53H107NO6Si/c1-10-14-18-20-26-35-48(33-24-16-12-3)40-45-58-51(56)38-28-22-23-31-42-54(43-32-44-55)47-50(60-61(8,9)53(5,6)7)37-29-30-39-52(57)59-46-41-49(34-25-17-13-4)36-27-21-19-15-11-2/h48-50,55H,10-47H2,1-9H3. The summed E-state index contributed by atoms with van der Waals surface area (Å²) in [5.74, 6) is 1.28. The number of aliphatic hydroxyl groups excluding tert-OH is 1. The van der Waals surface area contributed by atoms with Crippen molar-refractivity contribution in [3.8, 4) is 0 Å². The Bertz CT molecular complexity index is 986. The first-order valence-corrected chi connectivity index (χ1v) is 29.6. The molecule has 0 amide bonds. The summed E-state index contributed by atoms with van der Waals surface area (Å²) in [5.41, 5.74) is 0. The van der Waals surface area contributed by atoms with Gasteiger partial charge in [0.05, 0.1) is 19.3 Å². The summed E-state index contributed by atoms with van der Waals surface area (Å²) in [6.45, 7) is 24.6.